The van der Waals surface area contributed by atoms with Crippen molar-refractivity contribution >= 4 is 17.2 Å². The molecule has 2 rings (SSSR count). The van der Waals surface area contributed by atoms with E-state index >= 15 is 0 Å². The van der Waals surface area contributed by atoms with Gasteiger partial charge in [0.1, 0.15) is 4.88 Å². The predicted octanol–water partition coefficient (Wildman–Crippen LogP) is 3.29. The van der Waals surface area contributed by atoms with Gasteiger partial charge in [0, 0.05) is 13.7 Å². The van der Waals surface area contributed by atoms with E-state index in [1.54, 1.807) is 18.1 Å². The second-order valence-corrected chi connectivity index (χ2v) is 6.34. The zero-order valence-corrected chi connectivity index (χ0v) is 13.8. The van der Waals surface area contributed by atoms with Crippen LogP contribution in [0.1, 0.15) is 46.0 Å². The monoisotopic (exact) mass is 318 g/mol. The summed E-state index contributed by atoms with van der Waals surface area (Å²) >= 11 is 1.46. The van der Waals surface area contributed by atoms with E-state index < -0.39 is 0 Å². The molecule has 2 aromatic rings. The molecule has 0 fully saturated rings. The number of hydrogen-bond donors (Lipinski definition) is 1. The van der Waals surface area contributed by atoms with Gasteiger partial charge in [-0.2, -0.15) is 0 Å². The number of rotatable bonds is 7. The molecule has 4 nitrogen and oxygen atoms in total. The first-order chi connectivity index (χ1) is 10.7. The van der Waals surface area contributed by atoms with Crippen molar-refractivity contribution in [1.29, 1.82) is 0 Å². The van der Waals surface area contributed by atoms with Crippen molar-refractivity contribution in [2.75, 3.05) is 13.7 Å². The van der Waals surface area contributed by atoms with Crippen LogP contribution in [0.3, 0.4) is 0 Å². The van der Waals surface area contributed by atoms with Crippen molar-refractivity contribution in [2.24, 2.45) is 0 Å². The quantitative estimate of drug-likeness (QED) is 0.852. The fourth-order valence-electron chi connectivity index (χ4n) is 2.44. The molecule has 0 spiro atoms. The summed E-state index contributed by atoms with van der Waals surface area (Å²) in [6.07, 6.45) is 4.11. The van der Waals surface area contributed by atoms with Crippen molar-refractivity contribution in [1.82, 2.24) is 9.88 Å². The topological polar surface area (TPSA) is 53.4 Å². The molecule has 0 aliphatic carbocycles. The number of hydrogen-bond acceptors (Lipinski definition) is 4. The Morgan fingerprint density at radius 1 is 1.36 bits per heavy atom. The van der Waals surface area contributed by atoms with E-state index in [2.05, 4.69) is 11.9 Å². The first-order valence-corrected chi connectivity index (χ1v) is 8.36. The molecule has 0 saturated carbocycles. The maximum Gasteiger partial charge on any atom is 0.265 e. The highest BCUT2D eigenvalue weighted by Crippen LogP contribution is 2.26. The van der Waals surface area contributed by atoms with Crippen LogP contribution in [0, 0.1) is 0 Å². The van der Waals surface area contributed by atoms with E-state index in [-0.39, 0.29) is 18.6 Å². The highest BCUT2D eigenvalue weighted by Gasteiger charge is 2.23. The third kappa shape index (κ3) is 3.93. The Bertz CT molecular complexity index is 598. The lowest BCUT2D eigenvalue weighted by Crippen LogP contribution is -2.31. The lowest BCUT2D eigenvalue weighted by molar-refractivity contribution is 0.0710. The van der Waals surface area contributed by atoms with E-state index in [0.29, 0.717) is 11.3 Å². The fourth-order valence-corrected chi connectivity index (χ4v) is 3.44. The molecule has 1 N–H and O–H groups in total. The number of carbonyl (C=O) groups excluding carboxylic acids is 1. The van der Waals surface area contributed by atoms with Crippen LogP contribution in [-0.4, -0.2) is 34.6 Å². The average Bonchev–Trinajstić information content (AvgIpc) is 3.01. The molecule has 1 aromatic heterocycles. The number of aliphatic hydroxyl groups is 1. The summed E-state index contributed by atoms with van der Waals surface area (Å²) in [4.78, 5) is 19.3. The average molecular weight is 318 g/mol. The van der Waals surface area contributed by atoms with Crippen LogP contribution in [0.4, 0.5) is 0 Å². The number of aryl methyl sites for hydroxylation is 1. The number of carbonyl (C=O) groups is 1. The normalized spacial score (nSPS) is 12.1. The number of aliphatic hydroxyl groups excluding tert-OH is 1. The summed E-state index contributed by atoms with van der Waals surface area (Å²) in [6, 6.07) is 9.68. The lowest BCUT2D eigenvalue weighted by Gasteiger charge is -2.27. The summed E-state index contributed by atoms with van der Waals surface area (Å²) in [6.45, 7) is 2.14. The van der Waals surface area contributed by atoms with Crippen molar-refractivity contribution in [3.05, 3.63) is 52.0 Å². The summed E-state index contributed by atoms with van der Waals surface area (Å²) in [5, 5.41) is 10.3. The molecule has 1 atom stereocenters. The van der Waals surface area contributed by atoms with Gasteiger partial charge in [-0.3, -0.25) is 4.79 Å². The Balaban J connectivity index is 2.18. The molecule has 0 aliphatic heterocycles. The van der Waals surface area contributed by atoms with E-state index in [1.807, 2.05) is 30.3 Å². The van der Waals surface area contributed by atoms with Gasteiger partial charge >= 0.3 is 0 Å². The molecular weight excluding hydrogens is 296 g/mol. The smallest absolute Gasteiger partial charge is 0.265 e. The summed E-state index contributed by atoms with van der Waals surface area (Å²) in [5.41, 5.74) is 1.03. The zero-order chi connectivity index (χ0) is 15.9. The first-order valence-electron chi connectivity index (χ1n) is 7.55. The van der Waals surface area contributed by atoms with Gasteiger partial charge in [-0.15, -0.1) is 11.3 Å². The standard InChI is InChI=1S/C17H22N2O2S/c1-3-7-16-18-12-15(22-16)17(21)19(2)14(10-11-20)13-8-5-4-6-9-13/h4-6,8-9,12,14,20H,3,7,10-11H2,1-2H3. The Kier molecular flexibility index (Phi) is 6.10. The maximum absolute atomic E-state index is 12.7. The minimum absolute atomic E-state index is 0.0397. The molecule has 118 valence electrons. The molecule has 1 heterocycles. The summed E-state index contributed by atoms with van der Waals surface area (Å²) < 4.78 is 0. The van der Waals surface area contributed by atoms with Crippen molar-refractivity contribution in [2.45, 2.75) is 32.2 Å². The Morgan fingerprint density at radius 2 is 2.09 bits per heavy atom. The van der Waals surface area contributed by atoms with Gasteiger partial charge in [-0.25, -0.2) is 4.98 Å². The predicted molar refractivity (Wildman–Crippen MR) is 89.1 cm³/mol. The van der Waals surface area contributed by atoms with Crippen LogP contribution in [0.2, 0.25) is 0 Å². The highest BCUT2D eigenvalue weighted by atomic mass is 32.1. The fraction of sp³-hybridized carbons (Fsp3) is 0.412. The maximum atomic E-state index is 12.7. The molecule has 0 radical (unpaired) electrons. The molecule has 0 bridgehead atoms. The van der Waals surface area contributed by atoms with E-state index in [9.17, 15) is 9.90 Å². The number of aromatic nitrogens is 1. The van der Waals surface area contributed by atoms with Gasteiger partial charge in [0.25, 0.3) is 5.91 Å². The molecule has 5 heteroatoms. The Morgan fingerprint density at radius 3 is 2.73 bits per heavy atom. The largest absolute Gasteiger partial charge is 0.396 e. The molecule has 1 unspecified atom stereocenters. The minimum atomic E-state index is -0.129. The molecular formula is C17H22N2O2S. The molecule has 1 amide bonds. The van der Waals surface area contributed by atoms with Crippen molar-refractivity contribution in [3.8, 4) is 0 Å². The van der Waals surface area contributed by atoms with Gasteiger partial charge in [0.05, 0.1) is 17.2 Å². The SMILES string of the molecule is CCCc1ncc(C(=O)N(C)C(CCO)c2ccccc2)s1. The van der Waals surface area contributed by atoms with Crippen LogP contribution in [0.25, 0.3) is 0 Å². The van der Waals surface area contributed by atoms with Crippen LogP contribution in [-0.2, 0) is 6.42 Å². The Hall–Kier alpha value is -1.72. The van der Waals surface area contributed by atoms with Gasteiger partial charge in [0.2, 0.25) is 0 Å². The molecule has 0 saturated heterocycles. The summed E-state index contributed by atoms with van der Waals surface area (Å²) in [7, 11) is 1.79. The second-order valence-electron chi connectivity index (χ2n) is 5.22. The number of nitrogens with zero attached hydrogens (tertiary/aromatic N) is 2. The molecule has 1 aromatic carbocycles. The van der Waals surface area contributed by atoms with Gasteiger partial charge in [0.15, 0.2) is 0 Å². The lowest BCUT2D eigenvalue weighted by atomic mass is 10.0. The number of amides is 1. The highest BCUT2D eigenvalue weighted by molar-refractivity contribution is 7.13. The molecule has 22 heavy (non-hydrogen) atoms. The third-order valence-corrected chi connectivity index (χ3v) is 4.65. The zero-order valence-electron chi connectivity index (χ0n) is 13.0. The number of benzene rings is 1. The first kappa shape index (κ1) is 16.6. The third-order valence-electron chi connectivity index (χ3n) is 3.60. The molecule has 0 aliphatic rings. The Labute approximate surface area is 135 Å². The van der Waals surface area contributed by atoms with Gasteiger partial charge < -0.3 is 10.0 Å². The van der Waals surface area contributed by atoms with Crippen LogP contribution < -0.4 is 0 Å². The van der Waals surface area contributed by atoms with E-state index in [1.165, 1.54) is 11.3 Å². The van der Waals surface area contributed by atoms with E-state index in [0.717, 1.165) is 23.4 Å². The van der Waals surface area contributed by atoms with Gasteiger partial charge in [-0.1, -0.05) is 37.3 Å². The van der Waals surface area contributed by atoms with Gasteiger partial charge in [-0.05, 0) is 24.8 Å². The van der Waals surface area contributed by atoms with E-state index in [4.69, 9.17) is 0 Å². The second kappa shape index (κ2) is 8.06. The summed E-state index contributed by atoms with van der Waals surface area (Å²) in [5.74, 6) is -0.0397. The van der Waals surface area contributed by atoms with Crippen molar-refractivity contribution in [3.63, 3.8) is 0 Å². The minimum Gasteiger partial charge on any atom is -0.396 e. The van der Waals surface area contributed by atoms with Crippen LogP contribution >= 0.6 is 11.3 Å². The van der Waals surface area contributed by atoms with Crippen molar-refractivity contribution < 1.29 is 9.90 Å². The van der Waals surface area contributed by atoms with Crippen LogP contribution in [0.5, 0.6) is 0 Å². The van der Waals surface area contributed by atoms with Crippen LogP contribution in [0.15, 0.2) is 36.5 Å². The number of thiazole rings is 1.